The van der Waals surface area contributed by atoms with Gasteiger partial charge in [-0.05, 0) is 24.8 Å². The van der Waals surface area contributed by atoms with E-state index in [-0.39, 0.29) is 24.3 Å². The Kier molecular flexibility index (Phi) is 5.31. The van der Waals surface area contributed by atoms with E-state index in [1.165, 1.54) is 4.90 Å². The maximum absolute atomic E-state index is 12.1. The Bertz CT molecular complexity index is 344. The van der Waals surface area contributed by atoms with Gasteiger partial charge in [-0.1, -0.05) is 13.8 Å². The van der Waals surface area contributed by atoms with Crippen LogP contribution in [0, 0.1) is 5.41 Å². The van der Waals surface area contributed by atoms with Gasteiger partial charge in [0.2, 0.25) is 5.91 Å². The summed E-state index contributed by atoms with van der Waals surface area (Å²) in [7, 11) is 0. The quantitative estimate of drug-likeness (QED) is 0.640. The first-order valence-corrected chi connectivity index (χ1v) is 6.67. The highest BCUT2D eigenvalue weighted by Crippen LogP contribution is 2.27. The first-order chi connectivity index (χ1) is 8.76. The predicted molar refractivity (Wildman–Crippen MR) is 70.4 cm³/mol. The number of amides is 1. The number of nitrogens with two attached hydrogens (primary N) is 1. The number of carbonyl (C=O) groups excluding carboxylic acids is 1. The molecule has 0 bridgehead atoms. The lowest BCUT2D eigenvalue weighted by Crippen LogP contribution is -2.40. The molecule has 0 spiro atoms. The predicted octanol–water partition coefficient (Wildman–Crippen LogP) is 0.188. The number of hydrogen-bond donors (Lipinski definition) is 3. The monoisotopic (exact) mass is 272 g/mol. The summed E-state index contributed by atoms with van der Waals surface area (Å²) in [6.07, 6.45) is 1.17. The lowest BCUT2D eigenvalue weighted by Gasteiger charge is -2.26. The number of hydrogen-bond acceptors (Lipinski definition) is 4. The Hall–Kier alpha value is -1.14. The standard InChI is InChI=1S/C13H24N2O4/c1-13(2,5-6-14)4-3-11(17)15-8-9(16)7-10(15)12(18)19/h9-10,16H,3-8,14H2,1-2H3,(H,18,19)/t9-,10-/m0/s1. The highest BCUT2D eigenvalue weighted by Gasteiger charge is 2.38. The van der Waals surface area contributed by atoms with Crippen LogP contribution in [0.15, 0.2) is 0 Å². The van der Waals surface area contributed by atoms with Gasteiger partial charge in [0.05, 0.1) is 6.10 Å². The molecule has 1 aliphatic heterocycles. The minimum Gasteiger partial charge on any atom is -0.480 e. The Labute approximate surface area is 113 Å². The molecule has 0 aromatic heterocycles. The Morgan fingerprint density at radius 2 is 2.00 bits per heavy atom. The number of β-amino-alcohol motifs (C(OH)–C–C–N with tert-alkyl or cyclic N) is 1. The SMILES string of the molecule is CC(C)(CCN)CCC(=O)N1C[C@@H](O)C[C@H]1C(=O)O. The molecular weight excluding hydrogens is 248 g/mol. The van der Waals surface area contributed by atoms with Crippen LogP contribution in [0.25, 0.3) is 0 Å². The van der Waals surface area contributed by atoms with Gasteiger partial charge in [0.15, 0.2) is 0 Å². The Morgan fingerprint density at radius 3 is 2.53 bits per heavy atom. The number of carboxylic acids is 1. The van der Waals surface area contributed by atoms with Gasteiger partial charge in [0.25, 0.3) is 0 Å². The second kappa shape index (κ2) is 6.34. The molecule has 4 N–H and O–H groups in total. The highest BCUT2D eigenvalue weighted by molar-refractivity contribution is 5.84. The van der Waals surface area contributed by atoms with Gasteiger partial charge in [0.1, 0.15) is 6.04 Å². The molecule has 0 radical (unpaired) electrons. The number of aliphatic hydroxyl groups is 1. The van der Waals surface area contributed by atoms with Crippen LogP contribution in [-0.2, 0) is 9.59 Å². The second-order valence-electron chi connectivity index (χ2n) is 5.99. The molecule has 0 saturated carbocycles. The fraction of sp³-hybridized carbons (Fsp3) is 0.846. The average Bonchev–Trinajstić information content (AvgIpc) is 2.68. The maximum Gasteiger partial charge on any atom is 0.326 e. The lowest BCUT2D eigenvalue weighted by atomic mass is 9.84. The maximum atomic E-state index is 12.1. The van der Waals surface area contributed by atoms with Gasteiger partial charge in [-0.3, -0.25) is 4.79 Å². The van der Waals surface area contributed by atoms with E-state index in [0.717, 1.165) is 6.42 Å². The molecule has 1 amide bonds. The molecule has 0 aromatic carbocycles. The Morgan fingerprint density at radius 1 is 1.37 bits per heavy atom. The van der Waals surface area contributed by atoms with Crippen molar-refractivity contribution in [2.45, 2.75) is 51.7 Å². The first kappa shape index (κ1) is 15.9. The van der Waals surface area contributed by atoms with Crippen LogP contribution in [-0.4, -0.2) is 52.2 Å². The number of carbonyl (C=O) groups is 2. The number of likely N-dealkylation sites (tertiary alicyclic amines) is 1. The molecule has 110 valence electrons. The van der Waals surface area contributed by atoms with Crippen molar-refractivity contribution in [2.75, 3.05) is 13.1 Å². The minimum absolute atomic E-state index is 0.0263. The summed E-state index contributed by atoms with van der Waals surface area (Å²) in [5.41, 5.74) is 5.49. The first-order valence-electron chi connectivity index (χ1n) is 6.67. The molecule has 0 aromatic rings. The summed E-state index contributed by atoms with van der Waals surface area (Å²) in [6.45, 7) is 4.77. The van der Waals surface area contributed by atoms with E-state index in [1.807, 2.05) is 13.8 Å². The second-order valence-corrected chi connectivity index (χ2v) is 5.99. The zero-order valence-corrected chi connectivity index (χ0v) is 11.6. The molecule has 6 heteroatoms. The van der Waals surface area contributed by atoms with E-state index in [2.05, 4.69) is 0 Å². The lowest BCUT2D eigenvalue weighted by molar-refractivity contribution is -0.148. The van der Waals surface area contributed by atoms with Crippen molar-refractivity contribution in [3.05, 3.63) is 0 Å². The largest absolute Gasteiger partial charge is 0.480 e. The number of carboxylic acid groups (broad SMARTS) is 1. The summed E-state index contributed by atoms with van der Waals surface area (Å²) < 4.78 is 0. The van der Waals surface area contributed by atoms with E-state index in [9.17, 15) is 14.7 Å². The van der Waals surface area contributed by atoms with Gasteiger partial charge in [0, 0.05) is 19.4 Å². The molecule has 19 heavy (non-hydrogen) atoms. The van der Waals surface area contributed by atoms with Crippen LogP contribution in [0.5, 0.6) is 0 Å². The molecule has 1 rings (SSSR count). The normalized spacial score (nSPS) is 23.7. The van der Waals surface area contributed by atoms with Crippen molar-refractivity contribution in [1.82, 2.24) is 4.90 Å². The van der Waals surface area contributed by atoms with Crippen LogP contribution in [0.2, 0.25) is 0 Å². The molecule has 1 aliphatic rings. The fourth-order valence-electron chi connectivity index (χ4n) is 2.43. The third kappa shape index (κ3) is 4.47. The summed E-state index contributed by atoms with van der Waals surface area (Å²) in [5.74, 6) is -1.25. The molecule has 1 fully saturated rings. The van der Waals surface area contributed by atoms with E-state index in [1.54, 1.807) is 0 Å². The third-order valence-corrected chi connectivity index (χ3v) is 3.72. The topological polar surface area (TPSA) is 104 Å². The Balaban J connectivity index is 2.55. The smallest absolute Gasteiger partial charge is 0.326 e. The highest BCUT2D eigenvalue weighted by atomic mass is 16.4. The third-order valence-electron chi connectivity index (χ3n) is 3.72. The average molecular weight is 272 g/mol. The van der Waals surface area contributed by atoms with Crippen LogP contribution in [0.1, 0.15) is 39.5 Å². The van der Waals surface area contributed by atoms with Crippen molar-refractivity contribution in [3.63, 3.8) is 0 Å². The van der Waals surface area contributed by atoms with Crippen molar-refractivity contribution in [2.24, 2.45) is 11.1 Å². The van der Waals surface area contributed by atoms with Crippen LogP contribution >= 0.6 is 0 Å². The molecular formula is C13H24N2O4. The van der Waals surface area contributed by atoms with E-state index < -0.39 is 18.1 Å². The number of nitrogens with zero attached hydrogens (tertiary/aromatic N) is 1. The van der Waals surface area contributed by atoms with Crippen LogP contribution in [0.3, 0.4) is 0 Å². The molecule has 0 unspecified atom stereocenters. The molecule has 1 saturated heterocycles. The molecule has 1 heterocycles. The minimum atomic E-state index is -1.05. The number of aliphatic hydroxyl groups excluding tert-OH is 1. The van der Waals surface area contributed by atoms with Crippen molar-refractivity contribution in [1.29, 1.82) is 0 Å². The zero-order valence-electron chi connectivity index (χ0n) is 11.6. The van der Waals surface area contributed by atoms with Crippen molar-refractivity contribution >= 4 is 11.9 Å². The van der Waals surface area contributed by atoms with E-state index >= 15 is 0 Å². The van der Waals surface area contributed by atoms with E-state index in [4.69, 9.17) is 10.8 Å². The summed E-state index contributed by atoms with van der Waals surface area (Å²) in [6, 6.07) is -0.889. The van der Waals surface area contributed by atoms with E-state index in [0.29, 0.717) is 19.4 Å². The van der Waals surface area contributed by atoms with Gasteiger partial charge in [-0.25, -0.2) is 4.79 Å². The van der Waals surface area contributed by atoms with Crippen molar-refractivity contribution < 1.29 is 19.8 Å². The van der Waals surface area contributed by atoms with Gasteiger partial charge in [-0.2, -0.15) is 0 Å². The molecule has 6 nitrogen and oxygen atoms in total. The zero-order chi connectivity index (χ0) is 14.6. The van der Waals surface area contributed by atoms with Gasteiger partial charge in [-0.15, -0.1) is 0 Å². The fourth-order valence-corrected chi connectivity index (χ4v) is 2.43. The van der Waals surface area contributed by atoms with Gasteiger partial charge < -0.3 is 20.8 Å². The number of rotatable bonds is 6. The van der Waals surface area contributed by atoms with Gasteiger partial charge >= 0.3 is 5.97 Å². The summed E-state index contributed by atoms with van der Waals surface area (Å²) >= 11 is 0. The molecule has 0 aliphatic carbocycles. The summed E-state index contributed by atoms with van der Waals surface area (Å²) in [4.78, 5) is 24.4. The number of aliphatic carboxylic acids is 1. The summed E-state index contributed by atoms with van der Waals surface area (Å²) in [5, 5.41) is 18.5. The van der Waals surface area contributed by atoms with Crippen LogP contribution < -0.4 is 5.73 Å². The van der Waals surface area contributed by atoms with Crippen LogP contribution in [0.4, 0.5) is 0 Å². The van der Waals surface area contributed by atoms with Crippen molar-refractivity contribution in [3.8, 4) is 0 Å². The molecule has 2 atom stereocenters.